The Balaban J connectivity index is 1.11. The van der Waals surface area contributed by atoms with Gasteiger partial charge in [0.1, 0.15) is 11.3 Å². The normalized spacial score (nSPS) is 22.6. The molecule has 2 fully saturated rings. The third-order valence-corrected chi connectivity index (χ3v) is 7.79. The van der Waals surface area contributed by atoms with Crippen LogP contribution in [0.4, 0.5) is 5.69 Å². The van der Waals surface area contributed by atoms with E-state index in [0.717, 1.165) is 63.8 Å². The first-order valence-corrected chi connectivity index (χ1v) is 12.1. The summed E-state index contributed by atoms with van der Waals surface area (Å²) in [5.41, 5.74) is 3.46. The molecule has 1 unspecified atom stereocenters. The molecule has 0 bridgehead atoms. The number of likely N-dealkylation sites (tertiary alicyclic amines) is 1. The van der Waals surface area contributed by atoms with Gasteiger partial charge in [-0.2, -0.15) is 0 Å². The molecule has 2 aliphatic heterocycles. The van der Waals surface area contributed by atoms with Gasteiger partial charge in [-0.05, 0) is 68.3 Å². The minimum absolute atomic E-state index is 0.161. The molecule has 5 heteroatoms. The smallest absolute Gasteiger partial charge is 0.247 e. The molecule has 0 aromatic heterocycles. The van der Waals surface area contributed by atoms with Crippen LogP contribution in [0.1, 0.15) is 43.2 Å². The fourth-order valence-electron chi connectivity index (χ4n) is 5.83. The third-order valence-electron chi connectivity index (χ3n) is 7.79. The Kier molecular flexibility index (Phi) is 6.01. The number of carbonyl (C=O) groups excluding carboxylic acids is 2. The first-order chi connectivity index (χ1) is 15.7. The quantitative estimate of drug-likeness (QED) is 0.760. The Labute approximate surface area is 190 Å². The maximum Gasteiger partial charge on any atom is 0.247 e. The summed E-state index contributed by atoms with van der Waals surface area (Å²) < 4.78 is 0. The molecule has 168 valence electrons. The van der Waals surface area contributed by atoms with Gasteiger partial charge >= 0.3 is 0 Å². The van der Waals surface area contributed by atoms with Crippen LogP contribution in [-0.4, -0.2) is 48.4 Å². The number of rotatable bonds is 6. The number of benzene rings is 2. The molecule has 2 saturated heterocycles. The van der Waals surface area contributed by atoms with Gasteiger partial charge < -0.3 is 15.1 Å². The van der Waals surface area contributed by atoms with Crippen molar-refractivity contribution in [3.05, 3.63) is 65.7 Å². The van der Waals surface area contributed by atoms with Crippen molar-refractivity contribution in [1.82, 2.24) is 10.2 Å². The molecule has 1 aliphatic carbocycles. The second-order valence-electron chi connectivity index (χ2n) is 9.58. The van der Waals surface area contributed by atoms with Crippen molar-refractivity contribution in [2.45, 2.75) is 50.5 Å². The summed E-state index contributed by atoms with van der Waals surface area (Å²) in [6.45, 7) is 3.34. The van der Waals surface area contributed by atoms with E-state index in [1.807, 2.05) is 18.2 Å². The maximum absolute atomic E-state index is 12.8. The maximum atomic E-state index is 12.8. The topological polar surface area (TPSA) is 52.7 Å². The number of para-hydroxylation sites is 1. The van der Waals surface area contributed by atoms with E-state index in [9.17, 15) is 9.59 Å². The Morgan fingerprint density at radius 3 is 2.50 bits per heavy atom. The van der Waals surface area contributed by atoms with E-state index in [4.69, 9.17) is 0 Å². The van der Waals surface area contributed by atoms with Crippen molar-refractivity contribution in [3.8, 4) is 0 Å². The summed E-state index contributed by atoms with van der Waals surface area (Å²) in [5.74, 6) is 0.781. The molecule has 3 aliphatic rings. The first-order valence-electron chi connectivity index (χ1n) is 12.1. The SMILES string of the molecule is O=C(CCCN1CCC2(CC1)C(=O)NCN2c1ccccc1)C1CCc2ccccc2C1. The Morgan fingerprint density at radius 1 is 1.00 bits per heavy atom. The van der Waals surface area contributed by atoms with Gasteiger partial charge in [-0.3, -0.25) is 9.59 Å². The van der Waals surface area contributed by atoms with Crippen LogP contribution in [0.3, 0.4) is 0 Å². The van der Waals surface area contributed by atoms with Crippen LogP contribution in [0, 0.1) is 5.92 Å². The van der Waals surface area contributed by atoms with Crippen molar-refractivity contribution in [3.63, 3.8) is 0 Å². The zero-order valence-corrected chi connectivity index (χ0v) is 18.8. The van der Waals surface area contributed by atoms with E-state index in [2.05, 4.69) is 51.5 Å². The number of carbonyl (C=O) groups is 2. The highest BCUT2D eigenvalue weighted by molar-refractivity contribution is 5.93. The minimum atomic E-state index is -0.427. The van der Waals surface area contributed by atoms with Gasteiger partial charge in [0.25, 0.3) is 0 Å². The summed E-state index contributed by atoms with van der Waals surface area (Å²) in [6.07, 6.45) is 6.19. The number of nitrogens with zero attached hydrogens (tertiary/aromatic N) is 2. The fourth-order valence-corrected chi connectivity index (χ4v) is 5.83. The average Bonchev–Trinajstić information content (AvgIpc) is 3.16. The van der Waals surface area contributed by atoms with E-state index >= 15 is 0 Å². The number of hydrogen-bond donors (Lipinski definition) is 1. The molecule has 1 amide bonds. The average molecular weight is 432 g/mol. The lowest BCUT2D eigenvalue weighted by Crippen LogP contribution is -2.56. The summed E-state index contributed by atoms with van der Waals surface area (Å²) >= 11 is 0. The van der Waals surface area contributed by atoms with Gasteiger partial charge in [-0.15, -0.1) is 0 Å². The van der Waals surface area contributed by atoms with Crippen molar-refractivity contribution < 1.29 is 9.59 Å². The summed E-state index contributed by atoms with van der Waals surface area (Å²) in [5, 5.41) is 3.07. The molecule has 0 saturated carbocycles. The summed E-state index contributed by atoms with van der Waals surface area (Å²) in [6, 6.07) is 18.8. The van der Waals surface area contributed by atoms with Crippen molar-refractivity contribution in [1.29, 1.82) is 0 Å². The van der Waals surface area contributed by atoms with E-state index in [1.54, 1.807) is 0 Å². The number of fused-ring (bicyclic) bond motifs is 1. The van der Waals surface area contributed by atoms with Crippen LogP contribution in [-0.2, 0) is 22.4 Å². The van der Waals surface area contributed by atoms with Crippen LogP contribution < -0.4 is 10.2 Å². The van der Waals surface area contributed by atoms with E-state index in [-0.39, 0.29) is 11.8 Å². The molecule has 1 atom stereocenters. The predicted molar refractivity (Wildman–Crippen MR) is 127 cm³/mol. The van der Waals surface area contributed by atoms with Gasteiger partial charge in [-0.1, -0.05) is 42.5 Å². The van der Waals surface area contributed by atoms with Crippen molar-refractivity contribution in [2.24, 2.45) is 5.92 Å². The van der Waals surface area contributed by atoms with Gasteiger partial charge in [0.2, 0.25) is 5.91 Å². The number of aryl methyl sites for hydroxylation is 1. The number of amides is 1. The Morgan fingerprint density at radius 2 is 1.72 bits per heavy atom. The van der Waals surface area contributed by atoms with Crippen molar-refractivity contribution >= 4 is 17.4 Å². The summed E-state index contributed by atoms with van der Waals surface area (Å²) in [7, 11) is 0. The Hall–Kier alpha value is -2.66. The second kappa shape index (κ2) is 9.07. The predicted octanol–water partition coefficient (Wildman–Crippen LogP) is 3.57. The van der Waals surface area contributed by atoms with Crippen molar-refractivity contribution in [2.75, 3.05) is 31.2 Å². The van der Waals surface area contributed by atoms with Gasteiger partial charge in [0.05, 0.1) is 6.67 Å². The zero-order chi connectivity index (χ0) is 22.0. The lowest BCUT2D eigenvalue weighted by Gasteiger charge is -2.43. The molecule has 1 spiro atoms. The van der Waals surface area contributed by atoms with Gasteiger partial charge in [0, 0.05) is 31.1 Å². The molecule has 5 nitrogen and oxygen atoms in total. The number of anilines is 1. The molecule has 32 heavy (non-hydrogen) atoms. The van der Waals surface area contributed by atoms with Crippen LogP contribution in [0.15, 0.2) is 54.6 Å². The lowest BCUT2D eigenvalue weighted by molar-refractivity contribution is -0.125. The third kappa shape index (κ3) is 4.06. The molecule has 2 heterocycles. The molecule has 0 radical (unpaired) electrons. The molecule has 1 N–H and O–H groups in total. The van der Waals surface area contributed by atoms with Crippen LogP contribution in [0.25, 0.3) is 0 Å². The van der Waals surface area contributed by atoms with Gasteiger partial charge in [-0.25, -0.2) is 0 Å². The largest absolute Gasteiger partial charge is 0.339 e. The monoisotopic (exact) mass is 431 g/mol. The van der Waals surface area contributed by atoms with Crippen LogP contribution in [0.2, 0.25) is 0 Å². The zero-order valence-electron chi connectivity index (χ0n) is 18.8. The number of piperidine rings is 1. The number of Topliss-reactive ketones (excluding diaryl/α,β-unsaturated/α-hetero) is 1. The highest BCUT2D eigenvalue weighted by Gasteiger charge is 2.50. The molecular weight excluding hydrogens is 398 g/mol. The van der Waals surface area contributed by atoms with E-state index < -0.39 is 5.54 Å². The lowest BCUT2D eigenvalue weighted by atomic mass is 9.81. The number of ketones is 1. The first kappa shape index (κ1) is 21.2. The summed E-state index contributed by atoms with van der Waals surface area (Å²) in [4.78, 5) is 30.3. The Bertz CT molecular complexity index is 966. The van der Waals surface area contributed by atoms with Crippen LogP contribution in [0.5, 0.6) is 0 Å². The van der Waals surface area contributed by atoms with Crippen LogP contribution >= 0.6 is 0 Å². The number of hydrogen-bond acceptors (Lipinski definition) is 4. The minimum Gasteiger partial charge on any atom is -0.339 e. The molecular formula is C27H33N3O2. The highest BCUT2D eigenvalue weighted by Crippen LogP contribution is 2.36. The standard InChI is InChI=1S/C27H33N3O2/c31-25(23-13-12-21-7-4-5-8-22(21)19-23)11-6-16-29-17-14-27(15-18-29)26(32)28-20-30(27)24-9-2-1-3-10-24/h1-5,7-10,23H,6,11-20H2,(H,28,32). The van der Waals surface area contributed by atoms with E-state index in [1.165, 1.54) is 11.1 Å². The van der Waals surface area contributed by atoms with E-state index in [0.29, 0.717) is 18.9 Å². The molecule has 5 rings (SSSR count). The van der Waals surface area contributed by atoms with Gasteiger partial charge in [0.15, 0.2) is 0 Å². The molecule has 2 aromatic rings. The second-order valence-corrected chi connectivity index (χ2v) is 9.58. The fraction of sp³-hybridized carbons (Fsp3) is 0.481. The highest BCUT2D eigenvalue weighted by atomic mass is 16.2. The number of nitrogens with one attached hydrogen (secondary N) is 1. The molecule has 2 aromatic carbocycles.